The van der Waals surface area contributed by atoms with Gasteiger partial charge in [0.15, 0.2) is 0 Å². The first kappa shape index (κ1) is 17.5. The van der Waals surface area contributed by atoms with Crippen molar-refractivity contribution in [2.24, 2.45) is 5.92 Å². The molecule has 2 rings (SSSR count). The van der Waals surface area contributed by atoms with Crippen molar-refractivity contribution in [3.05, 3.63) is 0 Å². The van der Waals surface area contributed by atoms with Gasteiger partial charge in [-0.15, -0.1) is 0 Å². The highest BCUT2D eigenvalue weighted by atomic mass is 16.6. The van der Waals surface area contributed by atoms with Gasteiger partial charge >= 0.3 is 6.09 Å². The summed E-state index contributed by atoms with van der Waals surface area (Å²) >= 11 is 0. The molecule has 1 aliphatic heterocycles. The lowest BCUT2D eigenvalue weighted by molar-refractivity contribution is 0.0537. The Labute approximate surface area is 135 Å². The minimum absolute atomic E-state index is 0.148. The smallest absolute Gasteiger partial charge is 0.409 e. The van der Waals surface area contributed by atoms with E-state index >= 15 is 0 Å². The number of piperazine rings is 1. The van der Waals surface area contributed by atoms with E-state index in [-0.39, 0.29) is 6.09 Å². The lowest BCUT2D eigenvalue weighted by Crippen LogP contribution is -2.52. The summed E-state index contributed by atoms with van der Waals surface area (Å²) in [5.41, 5.74) is 0. The molecule has 0 aromatic rings. The van der Waals surface area contributed by atoms with E-state index in [1.54, 1.807) is 0 Å². The van der Waals surface area contributed by atoms with Gasteiger partial charge in [0, 0.05) is 38.3 Å². The van der Waals surface area contributed by atoms with Crippen LogP contribution in [0.25, 0.3) is 0 Å². The molecule has 1 N–H and O–H groups in total. The van der Waals surface area contributed by atoms with E-state index in [4.69, 9.17) is 4.74 Å². The minimum Gasteiger partial charge on any atom is -0.450 e. The van der Waals surface area contributed by atoms with Crippen LogP contribution < -0.4 is 5.32 Å². The number of amides is 1. The molecule has 5 heteroatoms. The lowest BCUT2D eigenvalue weighted by atomic mass is 9.85. The maximum absolute atomic E-state index is 11.7. The van der Waals surface area contributed by atoms with E-state index in [0.717, 1.165) is 38.1 Å². The van der Waals surface area contributed by atoms with Crippen molar-refractivity contribution in [2.75, 3.05) is 39.3 Å². The summed E-state index contributed by atoms with van der Waals surface area (Å²) in [5, 5.41) is 3.57. The van der Waals surface area contributed by atoms with Crippen LogP contribution in [0.2, 0.25) is 0 Å². The molecule has 5 nitrogen and oxygen atoms in total. The molecular weight excluding hydrogens is 278 g/mol. The molecule has 0 unspecified atom stereocenters. The highest BCUT2D eigenvalue weighted by Gasteiger charge is 2.29. The monoisotopic (exact) mass is 311 g/mol. The van der Waals surface area contributed by atoms with Gasteiger partial charge in [-0.2, -0.15) is 0 Å². The molecule has 1 aliphatic carbocycles. The van der Waals surface area contributed by atoms with Gasteiger partial charge in [-0.3, -0.25) is 4.90 Å². The number of carbonyl (C=O) groups is 1. The van der Waals surface area contributed by atoms with E-state index in [9.17, 15) is 4.79 Å². The Bertz CT molecular complexity index is 333. The second kappa shape index (κ2) is 8.73. The standard InChI is InChI=1S/C17H33N3O2/c1-4-22-17(21)20-11-9-19(10-12-20)16-7-5-15(6-8-16)13-18-14(2)3/h14-16,18H,4-13H2,1-3H3/t15-,16-. The van der Waals surface area contributed by atoms with Gasteiger partial charge in [-0.05, 0) is 45.1 Å². The van der Waals surface area contributed by atoms with Crippen molar-refractivity contribution in [1.29, 1.82) is 0 Å². The topological polar surface area (TPSA) is 44.8 Å². The van der Waals surface area contributed by atoms with Crippen LogP contribution in [0.5, 0.6) is 0 Å². The number of hydrogen-bond acceptors (Lipinski definition) is 4. The van der Waals surface area contributed by atoms with E-state index < -0.39 is 0 Å². The molecule has 1 saturated carbocycles. The van der Waals surface area contributed by atoms with Crippen LogP contribution >= 0.6 is 0 Å². The second-order valence-corrected chi connectivity index (χ2v) is 6.96. The summed E-state index contributed by atoms with van der Waals surface area (Å²) in [6, 6.07) is 1.31. The summed E-state index contributed by atoms with van der Waals surface area (Å²) < 4.78 is 5.08. The van der Waals surface area contributed by atoms with Crippen molar-refractivity contribution in [3.8, 4) is 0 Å². The van der Waals surface area contributed by atoms with Crippen LogP contribution in [0.4, 0.5) is 4.79 Å². The van der Waals surface area contributed by atoms with E-state index in [1.807, 2.05) is 11.8 Å². The van der Waals surface area contributed by atoms with Crippen LogP contribution in [0.1, 0.15) is 46.5 Å². The highest BCUT2D eigenvalue weighted by molar-refractivity contribution is 5.67. The van der Waals surface area contributed by atoms with Crippen LogP contribution in [0.15, 0.2) is 0 Å². The minimum atomic E-state index is -0.148. The lowest BCUT2D eigenvalue weighted by Gasteiger charge is -2.41. The van der Waals surface area contributed by atoms with E-state index in [0.29, 0.717) is 12.6 Å². The van der Waals surface area contributed by atoms with Gasteiger partial charge < -0.3 is 15.0 Å². The molecule has 0 radical (unpaired) electrons. The van der Waals surface area contributed by atoms with Gasteiger partial charge in [0.25, 0.3) is 0 Å². The first-order valence-electron chi connectivity index (χ1n) is 8.99. The zero-order valence-corrected chi connectivity index (χ0v) is 14.5. The number of ether oxygens (including phenoxy) is 1. The number of hydrogen-bond donors (Lipinski definition) is 1. The molecule has 0 bridgehead atoms. The Balaban J connectivity index is 1.67. The van der Waals surface area contributed by atoms with Crippen molar-refractivity contribution >= 4 is 6.09 Å². The summed E-state index contributed by atoms with van der Waals surface area (Å²) in [6.45, 7) is 11.6. The maximum atomic E-state index is 11.7. The summed E-state index contributed by atoms with van der Waals surface area (Å²) in [5.74, 6) is 0.847. The maximum Gasteiger partial charge on any atom is 0.409 e. The van der Waals surface area contributed by atoms with Gasteiger partial charge in [0.2, 0.25) is 0 Å². The Kier molecular flexibility index (Phi) is 6.96. The first-order chi connectivity index (χ1) is 10.6. The summed E-state index contributed by atoms with van der Waals surface area (Å²) in [7, 11) is 0. The van der Waals surface area contributed by atoms with Crippen molar-refractivity contribution < 1.29 is 9.53 Å². The Hall–Kier alpha value is -0.810. The molecule has 1 amide bonds. The molecule has 1 heterocycles. The van der Waals surface area contributed by atoms with Gasteiger partial charge in [-0.25, -0.2) is 4.79 Å². The van der Waals surface area contributed by atoms with Crippen LogP contribution in [0.3, 0.4) is 0 Å². The van der Waals surface area contributed by atoms with Crippen molar-refractivity contribution in [2.45, 2.75) is 58.5 Å². The fourth-order valence-corrected chi connectivity index (χ4v) is 3.60. The number of nitrogens with one attached hydrogen (secondary N) is 1. The molecule has 0 aromatic carbocycles. The predicted molar refractivity (Wildman–Crippen MR) is 89.1 cm³/mol. The fourth-order valence-electron chi connectivity index (χ4n) is 3.60. The summed E-state index contributed by atoms with van der Waals surface area (Å²) in [6.07, 6.45) is 5.14. The molecule has 0 spiro atoms. The normalized spacial score (nSPS) is 27.2. The molecule has 22 heavy (non-hydrogen) atoms. The average molecular weight is 311 g/mol. The average Bonchev–Trinajstić information content (AvgIpc) is 2.54. The first-order valence-corrected chi connectivity index (χ1v) is 8.99. The Morgan fingerprint density at radius 2 is 1.77 bits per heavy atom. The largest absolute Gasteiger partial charge is 0.450 e. The van der Waals surface area contributed by atoms with Gasteiger partial charge in [-0.1, -0.05) is 13.8 Å². The van der Waals surface area contributed by atoms with Crippen molar-refractivity contribution in [3.63, 3.8) is 0 Å². The highest BCUT2D eigenvalue weighted by Crippen LogP contribution is 2.28. The summed E-state index contributed by atoms with van der Waals surface area (Å²) in [4.78, 5) is 16.2. The van der Waals surface area contributed by atoms with Crippen molar-refractivity contribution in [1.82, 2.24) is 15.1 Å². The van der Waals surface area contributed by atoms with E-state index in [1.165, 1.54) is 32.2 Å². The third-order valence-corrected chi connectivity index (χ3v) is 4.99. The van der Waals surface area contributed by atoms with Crippen LogP contribution in [0, 0.1) is 5.92 Å². The van der Waals surface area contributed by atoms with Crippen LogP contribution in [-0.2, 0) is 4.74 Å². The Morgan fingerprint density at radius 1 is 1.14 bits per heavy atom. The predicted octanol–water partition coefficient (Wildman–Crippen LogP) is 2.32. The van der Waals surface area contributed by atoms with Gasteiger partial charge in [0.1, 0.15) is 0 Å². The Morgan fingerprint density at radius 3 is 2.32 bits per heavy atom. The molecule has 2 aliphatic rings. The number of carbonyl (C=O) groups excluding carboxylic acids is 1. The van der Waals surface area contributed by atoms with Gasteiger partial charge in [0.05, 0.1) is 6.61 Å². The number of rotatable bonds is 5. The zero-order chi connectivity index (χ0) is 15.9. The number of nitrogens with zero attached hydrogens (tertiary/aromatic N) is 2. The zero-order valence-electron chi connectivity index (χ0n) is 14.5. The third kappa shape index (κ3) is 5.13. The molecule has 0 atom stereocenters. The van der Waals surface area contributed by atoms with Crippen LogP contribution in [-0.4, -0.2) is 67.3 Å². The fraction of sp³-hybridized carbons (Fsp3) is 0.941. The molecule has 0 aromatic heterocycles. The second-order valence-electron chi connectivity index (χ2n) is 6.96. The molecular formula is C17H33N3O2. The third-order valence-electron chi connectivity index (χ3n) is 4.99. The molecule has 128 valence electrons. The quantitative estimate of drug-likeness (QED) is 0.846. The molecule has 1 saturated heterocycles. The van der Waals surface area contributed by atoms with E-state index in [2.05, 4.69) is 24.1 Å². The SMILES string of the molecule is CCOC(=O)N1CCN([C@H]2CC[C@H](CNC(C)C)CC2)CC1. The molecule has 2 fully saturated rings.